The van der Waals surface area contributed by atoms with E-state index in [-0.39, 0.29) is 5.75 Å². The summed E-state index contributed by atoms with van der Waals surface area (Å²) in [6, 6.07) is 9.53. The van der Waals surface area contributed by atoms with E-state index in [1.807, 2.05) is 30.3 Å². The zero-order chi connectivity index (χ0) is 12.9. The average Bonchev–Trinajstić information content (AvgIpc) is 2.29. The summed E-state index contributed by atoms with van der Waals surface area (Å²) in [6.07, 6.45) is 1.09. The number of carbonyl (C=O) groups is 1. The van der Waals surface area contributed by atoms with E-state index in [2.05, 4.69) is 0 Å². The maximum atomic E-state index is 11.6. The summed E-state index contributed by atoms with van der Waals surface area (Å²) >= 11 is 0. The zero-order valence-corrected chi connectivity index (χ0v) is 10.5. The van der Waals surface area contributed by atoms with Gasteiger partial charge in [-0.05, 0) is 25.3 Å². The molecular formula is C12H16O4S. The Balaban J connectivity index is 2.49. The van der Waals surface area contributed by atoms with Gasteiger partial charge in [0.15, 0.2) is 15.1 Å². The summed E-state index contributed by atoms with van der Waals surface area (Å²) in [5, 5.41) is 7.33. The second-order valence-electron chi connectivity index (χ2n) is 3.94. The van der Waals surface area contributed by atoms with Crippen molar-refractivity contribution in [3.8, 4) is 0 Å². The van der Waals surface area contributed by atoms with Crippen LogP contribution in [0, 0.1) is 0 Å². The summed E-state index contributed by atoms with van der Waals surface area (Å²) in [7, 11) is -3.53. The molecule has 0 spiro atoms. The first kappa shape index (κ1) is 13.7. The van der Waals surface area contributed by atoms with E-state index in [0.29, 0.717) is 12.8 Å². The lowest BCUT2D eigenvalue weighted by atomic mass is 10.1. The third-order valence-electron chi connectivity index (χ3n) is 2.62. The SMILES string of the molecule is CC(C(=O)O)S(=O)(=O)CCCc1ccccc1. The van der Waals surface area contributed by atoms with Crippen LogP contribution in [0.2, 0.25) is 0 Å². The molecule has 0 saturated carbocycles. The number of aliphatic carboxylic acids is 1. The Morgan fingerprint density at radius 3 is 2.41 bits per heavy atom. The van der Waals surface area contributed by atoms with Gasteiger partial charge in [0, 0.05) is 0 Å². The fourth-order valence-electron chi connectivity index (χ4n) is 1.45. The van der Waals surface area contributed by atoms with E-state index < -0.39 is 21.1 Å². The highest BCUT2D eigenvalue weighted by Crippen LogP contribution is 2.08. The zero-order valence-electron chi connectivity index (χ0n) is 9.67. The molecule has 0 amide bonds. The Hall–Kier alpha value is -1.36. The minimum Gasteiger partial charge on any atom is -0.480 e. The molecule has 1 aromatic carbocycles. The maximum Gasteiger partial charge on any atom is 0.321 e. The number of sulfone groups is 1. The topological polar surface area (TPSA) is 71.4 Å². The number of carboxylic acid groups (broad SMARTS) is 1. The van der Waals surface area contributed by atoms with Crippen LogP contribution >= 0.6 is 0 Å². The molecule has 0 radical (unpaired) electrons. The standard InChI is InChI=1S/C12H16O4S/c1-10(12(13)14)17(15,16)9-5-8-11-6-3-2-4-7-11/h2-4,6-7,10H,5,8-9H2,1H3,(H,13,14). The molecule has 0 aromatic heterocycles. The Morgan fingerprint density at radius 2 is 1.88 bits per heavy atom. The van der Waals surface area contributed by atoms with Gasteiger partial charge in [-0.25, -0.2) is 8.42 Å². The van der Waals surface area contributed by atoms with Gasteiger partial charge in [0.25, 0.3) is 0 Å². The largest absolute Gasteiger partial charge is 0.480 e. The van der Waals surface area contributed by atoms with Crippen LogP contribution in [0.3, 0.4) is 0 Å². The van der Waals surface area contributed by atoms with Crippen LogP contribution in [0.4, 0.5) is 0 Å². The van der Waals surface area contributed by atoms with Crippen molar-refractivity contribution in [2.45, 2.75) is 25.0 Å². The summed E-state index contributed by atoms with van der Waals surface area (Å²) in [5.74, 6) is -1.38. The monoisotopic (exact) mass is 256 g/mol. The predicted octanol–water partition coefficient (Wildman–Crippen LogP) is 1.51. The van der Waals surface area contributed by atoms with Gasteiger partial charge in [-0.1, -0.05) is 30.3 Å². The summed E-state index contributed by atoms with van der Waals surface area (Å²) in [4.78, 5) is 10.6. The molecule has 4 nitrogen and oxygen atoms in total. The molecule has 0 heterocycles. The molecule has 1 unspecified atom stereocenters. The Bertz CT molecular complexity index is 465. The van der Waals surface area contributed by atoms with Crippen LogP contribution in [0.5, 0.6) is 0 Å². The molecular weight excluding hydrogens is 240 g/mol. The third-order valence-corrected chi connectivity index (χ3v) is 4.76. The van der Waals surface area contributed by atoms with Crippen LogP contribution in [-0.2, 0) is 21.1 Å². The predicted molar refractivity (Wildman–Crippen MR) is 65.6 cm³/mol. The molecule has 5 heteroatoms. The first-order chi connectivity index (χ1) is 7.93. The Morgan fingerprint density at radius 1 is 1.29 bits per heavy atom. The molecule has 1 rings (SSSR count). The van der Waals surface area contributed by atoms with Gasteiger partial charge in [0.1, 0.15) is 0 Å². The molecule has 1 atom stereocenters. The van der Waals surface area contributed by atoms with Gasteiger partial charge in [0.05, 0.1) is 5.75 Å². The van der Waals surface area contributed by atoms with Gasteiger partial charge in [-0.15, -0.1) is 0 Å². The normalized spacial score (nSPS) is 13.2. The molecule has 0 aliphatic rings. The lowest BCUT2D eigenvalue weighted by Gasteiger charge is -2.08. The molecule has 1 N–H and O–H groups in total. The van der Waals surface area contributed by atoms with Gasteiger partial charge in [-0.2, -0.15) is 0 Å². The molecule has 0 saturated heterocycles. The fraction of sp³-hybridized carbons (Fsp3) is 0.417. The quantitative estimate of drug-likeness (QED) is 0.837. The van der Waals surface area contributed by atoms with Crippen LogP contribution in [0.1, 0.15) is 18.9 Å². The van der Waals surface area contributed by atoms with Crippen molar-refractivity contribution in [1.82, 2.24) is 0 Å². The van der Waals surface area contributed by atoms with E-state index in [4.69, 9.17) is 5.11 Å². The van der Waals surface area contributed by atoms with E-state index in [1.54, 1.807) is 0 Å². The van der Waals surface area contributed by atoms with Crippen molar-refractivity contribution in [3.63, 3.8) is 0 Å². The maximum absolute atomic E-state index is 11.6. The van der Waals surface area contributed by atoms with E-state index >= 15 is 0 Å². The van der Waals surface area contributed by atoms with Crippen LogP contribution in [0.25, 0.3) is 0 Å². The smallest absolute Gasteiger partial charge is 0.321 e. The Labute approximate surface area is 101 Å². The van der Waals surface area contributed by atoms with Gasteiger partial charge in [0.2, 0.25) is 0 Å². The lowest BCUT2D eigenvalue weighted by molar-refractivity contribution is -0.136. The molecule has 0 aliphatic heterocycles. The molecule has 0 aliphatic carbocycles. The highest BCUT2D eigenvalue weighted by molar-refractivity contribution is 7.92. The molecule has 17 heavy (non-hydrogen) atoms. The second-order valence-corrected chi connectivity index (χ2v) is 6.38. The number of benzene rings is 1. The lowest BCUT2D eigenvalue weighted by Crippen LogP contribution is -2.29. The van der Waals surface area contributed by atoms with Gasteiger partial charge < -0.3 is 5.11 Å². The van der Waals surface area contributed by atoms with Crippen molar-refractivity contribution in [1.29, 1.82) is 0 Å². The van der Waals surface area contributed by atoms with Crippen molar-refractivity contribution in [2.24, 2.45) is 0 Å². The summed E-state index contributed by atoms with van der Waals surface area (Å²) < 4.78 is 23.2. The minimum atomic E-state index is -3.53. The van der Waals surface area contributed by atoms with Crippen molar-refractivity contribution < 1.29 is 18.3 Å². The number of carboxylic acids is 1. The Kier molecular flexibility index (Phi) is 4.69. The van der Waals surface area contributed by atoms with Crippen molar-refractivity contribution in [3.05, 3.63) is 35.9 Å². The van der Waals surface area contributed by atoms with Crippen LogP contribution in [0.15, 0.2) is 30.3 Å². The van der Waals surface area contributed by atoms with Crippen molar-refractivity contribution in [2.75, 3.05) is 5.75 Å². The van der Waals surface area contributed by atoms with Crippen LogP contribution in [-0.4, -0.2) is 30.5 Å². The molecule has 0 fully saturated rings. The summed E-state index contributed by atoms with van der Waals surface area (Å²) in [6.45, 7) is 1.21. The van der Waals surface area contributed by atoms with E-state index in [0.717, 1.165) is 5.56 Å². The number of hydrogen-bond acceptors (Lipinski definition) is 3. The highest BCUT2D eigenvalue weighted by atomic mass is 32.2. The number of hydrogen-bond donors (Lipinski definition) is 1. The first-order valence-corrected chi connectivity index (χ1v) is 7.13. The summed E-state index contributed by atoms with van der Waals surface area (Å²) in [5.41, 5.74) is 1.06. The number of aryl methyl sites for hydroxylation is 1. The second kappa shape index (κ2) is 5.82. The van der Waals surface area contributed by atoms with Gasteiger partial charge in [-0.3, -0.25) is 4.79 Å². The highest BCUT2D eigenvalue weighted by Gasteiger charge is 2.26. The first-order valence-electron chi connectivity index (χ1n) is 5.42. The van der Waals surface area contributed by atoms with E-state index in [1.165, 1.54) is 6.92 Å². The third kappa shape index (κ3) is 4.19. The van der Waals surface area contributed by atoms with E-state index in [9.17, 15) is 13.2 Å². The average molecular weight is 256 g/mol. The van der Waals surface area contributed by atoms with Crippen molar-refractivity contribution >= 4 is 15.8 Å². The van der Waals surface area contributed by atoms with Gasteiger partial charge >= 0.3 is 5.97 Å². The molecule has 0 bridgehead atoms. The fourth-order valence-corrected chi connectivity index (χ4v) is 2.66. The minimum absolute atomic E-state index is 0.0879. The molecule has 1 aromatic rings. The van der Waals surface area contributed by atoms with Crippen LogP contribution < -0.4 is 0 Å². The number of rotatable bonds is 6. The molecule has 94 valence electrons.